The molecule has 29 heavy (non-hydrogen) atoms. The van der Waals surface area contributed by atoms with E-state index in [0.29, 0.717) is 18.8 Å². The number of likely N-dealkylation sites (tertiary alicyclic amines) is 1. The molecule has 0 spiro atoms. The van der Waals surface area contributed by atoms with Crippen molar-refractivity contribution in [1.82, 2.24) is 4.90 Å². The number of rotatable bonds is 5. The number of piperidine rings is 1. The molecule has 5 heteroatoms. The zero-order chi connectivity index (χ0) is 20.2. The SMILES string of the molecule is O=C(O)COc1ccccc1C1CCN(C(=O)c2cccc3ccccc23)CC1. The monoisotopic (exact) mass is 389 g/mol. The molecule has 0 saturated carbocycles. The first-order valence-electron chi connectivity index (χ1n) is 9.84. The maximum Gasteiger partial charge on any atom is 0.341 e. The van der Waals surface area contributed by atoms with Crippen molar-refractivity contribution in [3.05, 3.63) is 77.9 Å². The van der Waals surface area contributed by atoms with Crippen molar-refractivity contribution < 1.29 is 19.4 Å². The van der Waals surface area contributed by atoms with Gasteiger partial charge in [-0.05, 0) is 47.2 Å². The Kier molecular flexibility index (Phi) is 5.47. The number of carbonyl (C=O) groups excluding carboxylic acids is 1. The largest absolute Gasteiger partial charge is 0.482 e. The topological polar surface area (TPSA) is 66.8 Å². The molecule has 1 heterocycles. The van der Waals surface area contributed by atoms with Gasteiger partial charge in [0.2, 0.25) is 0 Å². The van der Waals surface area contributed by atoms with Crippen molar-refractivity contribution in [2.45, 2.75) is 18.8 Å². The van der Waals surface area contributed by atoms with E-state index in [1.54, 1.807) is 0 Å². The highest BCUT2D eigenvalue weighted by molar-refractivity contribution is 6.07. The van der Waals surface area contributed by atoms with Crippen LogP contribution in [0.5, 0.6) is 5.75 Å². The first-order chi connectivity index (χ1) is 14.1. The number of nitrogens with zero attached hydrogens (tertiary/aromatic N) is 1. The van der Waals surface area contributed by atoms with Crippen molar-refractivity contribution in [3.8, 4) is 5.75 Å². The van der Waals surface area contributed by atoms with Crippen molar-refractivity contribution in [3.63, 3.8) is 0 Å². The number of carbonyl (C=O) groups is 2. The fraction of sp³-hybridized carbons (Fsp3) is 0.250. The molecule has 3 aromatic carbocycles. The third-order valence-electron chi connectivity index (χ3n) is 5.51. The summed E-state index contributed by atoms with van der Waals surface area (Å²) >= 11 is 0. The zero-order valence-electron chi connectivity index (χ0n) is 16.1. The molecule has 0 aromatic heterocycles. The summed E-state index contributed by atoms with van der Waals surface area (Å²) in [6.07, 6.45) is 1.65. The van der Waals surface area contributed by atoms with E-state index in [1.807, 2.05) is 71.6 Å². The van der Waals surface area contributed by atoms with Gasteiger partial charge in [0, 0.05) is 18.7 Å². The van der Waals surface area contributed by atoms with Crippen LogP contribution in [0.15, 0.2) is 66.7 Å². The molecule has 0 atom stereocenters. The van der Waals surface area contributed by atoms with Crippen molar-refractivity contribution in [2.75, 3.05) is 19.7 Å². The molecule has 1 N–H and O–H groups in total. The molecule has 0 radical (unpaired) electrons. The van der Waals surface area contributed by atoms with Crippen LogP contribution in [0.3, 0.4) is 0 Å². The Morgan fingerprint density at radius 3 is 2.41 bits per heavy atom. The summed E-state index contributed by atoms with van der Waals surface area (Å²) in [6, 6.07) is 21.4. The fourth-order valence-corrected chi connectivity index (χ4v) is 4.06. The number of carboxylic acids is 1. The van der Waals surface area contributed by atoms with E-state index in [4.69, 9.17) is 9.84 Å². The van der Waals surface area contributed by atoms with Crippen LogP contribution in [0.1, 0.15) is 34.7 Å². The second kappa shape index (κ2) is 8.35. The third-order valence-corrected chi connectivity index (χ3v) is 5.51. The molecule has 1 saturated heterocycles. The van der Waals surface area contributed by atoms with E-state index >= 15 is 0 Å². The van der Waals surface area contributed by atoms with Gasteiger partial charge in [0.05, 0.1) is 0 Å². The van der Waals surface area contributed by atoms with Gasteiger partial charge in [-0.2, -0.15) is 0 Å². The maximum absolute atomic E-state index is 13.1. The molecular weight excluding hydrogens is 366 g/mol. The molecule has 0 aliphatic carbocycles. The van der Waals surface area contributed by atoms with Crippen LogP contribution in [0.25, 0.3) is 10.8 Å². The van der Waals surface area contributed by atoms with Gasteiger partial charge in [-0.3, -0.25) is 4.79 Å². The lowest BCUT2D eigenvalue weighted by Crippen LogP contribution is -2.38. The van der Waals surface area contributed by atoms with Gasteiger partial charge in [0.1, 0.15) is 5.75 Å². The van der Waals surface area contributed by atoms with Gasteiger partial charge < -0.3 is 14.7 Å². The third kappa shape index (κ3) is 4.09. The number of benzene rings is 3. The smallest absolute Gasteiger partial charge is 0.341 e. The Balaban J connectivity index is 1.47. The highest BCUT2D eigenvalue weighted by atomic mass is 16.5. The molecule has 0 bridgehead atoms. The highest BCUT2D eigenvalue weighted by Gasteiger charge is 2.27. The van der Waals surface area contributed by atoms with E-state index in [-0.39, 0.29) is 18.4 Å². The number of ether oxygens (including phenoxy) is 1. The van der Waals surface area contributed by atoms with E-state index in [2.05, 4.69) is 0 Å². The second-order valence-corrected chi connectivity index (χ2v) is 7.31. The molecular formula is C24H23NO4. The summed E-state index contributed by atoms with van der Waals surface area (Å²) in [5.74, 6) is -0.0590. The summed E-state index contributed by atoms with van der Waals surface area (Å²) < 4.78 is 5.46. The Bertz CT molecular complexity index is 1030. The van der Waals surface area contributed by atoms with Crippen LogP contribution in [0, 0.1) is 0 Å². The molecule has 148 valence electrons. The summed E-state index contributed by atoms with van der Waals surface area (Å²) in [6.45, 7) is 0.982. The summed E-state index contributed by atoms with van der Waals surface area (Å²) in [5.41, 5.74) is 1.76. The predicted molar refractivity (Wildman–Crippen MR) is 111 cm³/mol. The molecule has 1 fully saturated rings. The summed E-state index contributed by atoms with van der Waals surface area (Å²) in [5, 5.41) is 10.9. The molecule has 0 unspecified atom stereocenters. The lowest BCUT2D eigenvalue weighted by molar-refractivity contribution is -0.139. The number of amides is 1. The number of fused-ring (bicyclic) bond motifs is 1. The Labute approximate surface area is 169 Å². The average Bonchev–Trinajstić information content (AvgIpc) is 2.77. The van der Waals surface area contributed by atoms with Crippen molar-refractivity contribution >= 4 is 22.6 Å². The Morgan fingerprint density at radius 2 is 1.62 bits per heavy atom. The minimum Gasteiger partial charge on any atom is -0.482 e. The van der Waals surface area contributed by atoms with E-state index in [1.165, 1.54) is 0 Å². The van der Waals surface area contributed by atoms with Gasteiger partial charge in [0.15, 0.2) is 6.61 Å². The predicted octanol–water partition coefficient (Wildman–Crippen LogP) is 4.32. The van der Waals surface area contributed by atoms with Crippen LogP contribution >= 0.6 is 0 Å². The lowest BCUT2D eigenvalue weighted by atomic mass is 9.88. The van der Waals surface area contributed by atoms with Gasteiger partial charge in [-0.25, -0.2) is 4.79 Å². The standard InChI is InChI=1S/C24H23NO4/c26-23(27)16-29-22-11-4-3-9-20(22)18-12-14-25(15-13-18)24(28)21-10-5-7-17-6-1-2-8-19(17)21/h1-11,18H,12-16H2,(H,26,27). The molecule has 4 rings (SSSR count). The van der Waals surface area contributed by atoms with Crippen LogP contribution in [0.2, 0.25) is 0 Å². The number of para-hydroxylation sites is 1. The first kappa shape index (κ1) is 19.0. The van der Waals surface area contributed by atoms with Gasteiger partial charge in [0.25, 0.3) is 5.91 Å². The highest BCUT2D eigenvalue weighted by Crippen LogP contribution is 2.35. The van der Waals surface area contributed by atoms with Crippen molar-refractivity contribution in [1.29, 1.82) is 0 Å². The van der Waals surface area contributed by atoms with E-state index in [0.717, 1.165) is 34.7 Å². The maximum atomic E-state index is 13.1. The van der Waals surface area contributed by atoms with E-state index < -0.39 is 5.97 Å². The fourth-order valence-electron chi connectivity index (χ4n) is 4.06. The molecule has 1 aliphatic heterocycles. The number of aliphatic carboxylic acids is 1. The first-order valence-corrected chi connectivity index (χ1v) is 9.84. The molecule has 5 nitrogen and oxygen atoms in total. The molecule has 3 aromatic rings. The van der Waals surface area contributed by atoms with Crippen LogP contribution < -0.4 is 4.74 Å². The number of hydrogen-bond acceptors (Lipinski definition) is 3. The van der Waals surface area contributed by atoms with Crippen LogP contribution in [-0.2, 0) is 4.79 Å². The number of carboxylic acid groups (broad SMARTS) is 1. The van der Waals surface area contributed by atoms with Gasteiger partial charge >= 0.3 is 5.97 Å². The lowest BCUT2D eigenvalue weighted by Gasteiger charge is -2.33. The van der Waals surface area contributed by atoms with Crippen molar-refractivity contribution in [2.24, 2.45) is 0 Å². The number of hydrogen-bond donors (Lipinski definition) is 1. The van der Waals surface area contributed by atoms with Crippen LogP contribution in [0.4, 0.5) is 0 Å². The summed E-state index contributed by atoms with van der Waals surface area (Å²) in [7, 11) is 0. The molecule has 1 amide bonds. The zero-order valence-corrected chi connectivity index (χ0v) is 16.1. The normalized spacial score (nSPS) is 14.7. The Morgan fingerprint density at radius 1 is 0.931 bits per heavy atom. The quantitative estimate of drug-likeness (QED) is 0.706. The van der Waals surface area contributed by atoms with Gasteiger partial charge in [-0.1, -0.05) is 54.6 Å². The van der Waals surface area contributed by atoms with Crippen LogP contribution in [-0.4, -0.2) is 41.6 Å². The van der Waals surface area contributed by atoms with E-state index in [9.17, 15) is 9.59 Å². The average molecular weight is 389 g/mol. The second-order valence-electron chi connectivity index (χ2n) is 7.31. The minimum absolute atomic E-state index is 0.0654. The Hall–Kier alpha value is -3.34. The minimum atomic E-state index is -0.990. The molecule has 1 aliphatic rings. The van der Waals surface area contributed by atoms with Gasteiger partial charge in [-0.15, -0.1) is 0 Å². The summed E-state index contributed by atoms with van der Waals surface area (Å²) in [4.78, 5) is 25.9.